The molecule has 1 amide bonds. The summed E-state index contributed by atoms with van der Waals surface area (Å²) in [5.74, 6) is 0.583. The number of nitrogens with zero attached hydrogens (tertiary/aromatic N) is 3. The van der Waals surface area contributed by atoms with Gasteiger partial charge in [0.2, 0.25) is 5.95 Å². The highest BCUT2D eigenvalue weighted by Gasteiger charge is 2.10. The number of nitrogens with one attached hydrogen (secondary N) is 1. The highest BCUT2D eigenvalue weighted by atomic mass is 79.9. The van der Waals surface area contributed by atoms with Crippen molar-refractivity contribution in [3.8, 4) is 5.75 Å². The average Bonchev–Trinajstić information content (AvgIpc) is 2.93. The highest BCUT2D eigenvalue weighted by molar-refractivity contribution is 9.10. The number of hydrogen-bond donors (Lipinski definition) is 1. The van der Waals surface area contributed by atoms with Gasteiger partial charge in [-0.1, -0.05) is 18.2 Å². The third-order valence-electron chi connectivity index (χ3n) is 3.04. The molecule has 0 aliphatic carbocycles. The van der Waals surface area contributed by atoms with Crippen molar-refractivity contribution in [3.05, 3.63) is 52.6 Å². The van der Waals surface area contributed by atoms with Crippen LogP contribution in [-0.4, -0.2) is 27.1 Å². The van der Waals surface area contributed by atoms with Crippen LogP contribution in [0.25, 0.3) is 5.65 Å². The Morgan fingerprint density at radius 3 is 2.82 bits per heavy atom. The van der Waals surface area contributed by atoms with Crippen LogP contribution >= 0.6 is 15.9 Å². The number of rotatable bonds is 4. The molecule has 0 spiro atoms. The lowest BCUT2D eigenvalue weighted by atomic mass is 10.3. The van der Waals surface area contributed by atoms with Crippen molar-refractivity contribution in [2.24, 2.45) is 0 Å². The van der Waals surface area contributed by atoms with Crippen molar-refractivity contribution in [1.82, 2.24) is 14.6 Å². The minimum Gasteiger partial charge on any atom is -0.484 e. The van der Waals surface area contributed by atoms with E-state index in [2.05, 4.69) is 31.3 Å². The zero-order valence-electron chi connectivity index (χ0n) is 11.8. The second-order valence-electron chi connectivity index (χ2n) is 4.62. The summed E-state index contributed by atoms with van der Waals surface area (Å²) in [4.78, 5) is 16.1. The number of benzene rings is 1. The van der Waals surface area contributed by atoms with Crippen molar-refractivity contribution in [2.75, 3.05) is 11.9 Å². The smallest absolute Gasteiger partial charge is 0.264 e. The van der Waals surface area contributed by atoms with Crippen LogP contribution in [0.4, 0.5) is 5.95 Å². The normalized spacial score (nSPS) is 10.6. The molecule has 112 valence electrons. The van der Waals surface area contributed by atoms with Crippen molar-refractivity contribution >= 4 is 33.4 Å². The number of hydrogen-bond acceptors (Lipinski definition) is 4. The molecule has 0 saturated heterocycles. The quantitative estimate of drug-likeness (QED) is 0.776. The summed E-state index contributed by atoms with van der Waals surface area (Å²) in [6.07, 6.45) is 0. The topological polar surface area (TPSA) is 68.5 Å². The van der Waals surface area contributed by atoms with Crippen LogP contribution in [0.15, 0.2) is 46.9 Å². The number of anilines is 1. The average molecular weight is 361 g/mol. The van der Waals surface area contributed by atoms with Crippen LogP contribution < -0.4 is 10.1 Å². The molecule has 0 aliphatic rings. The Morgan fingerprint density at radius 1 is 1.27 bits per heavy atom. The van der Waals surface area contributed by atoms with E-state index in [0.29, 0.717) is 11.4 Å². The van der Waals surface area contributed by atoms with Crippen LogP contribution in [0.5, 0.6) is 5.75 Å². The number of carbonyl (C=O) groups excluding carboxylic acids is 1. The number of carbonyl (C=O) groups is 1. The molecule has 0 unspecified atom stereocenters. The number of halogens is 1. The second-order valence-corrected chi connectivity index (χ2v) is 5.48. The zero-order chi connectivity index (χ0) is 15.5. The molecule has 7 heteroatoms. The van der Waals surface area contributed by atoms with E-state index < -0.39 is 0 Å². The molecule has 1 aromatic carbocycles. The number of aryl methyl sites for hydroxylation is 1. The lowest BCUT2D eigenvalue weighted by Crippen LogP contribution is -2.20. The first kappa shape index (κ1) is 14.5. The molecule has 6 nitrogen and oxygen atoms in total. The predicted molar refractivity (Wildman–Crippen MR) is 86.0 cm³/mol. The van der Waals surface area contributed by atoms with Crippen LogP contribution in [0.2, 0.25) is 0 Å². The van der Waals surface area contributed by atoms with E-state index in [4.69, 9.17) is 4.74 Å². The SMILES string of the molecule is Cc1c(Br)ccc2nc(NC(=O)COc3ccccc3)nn12. The molecule has 1 N–H and O–H groups in total. The number of pyridine rings is 1. The Morgan fingerprint density at radius 2 is 2.05 bits per heavy atom. The van der Waals surface area contributed by atoms with E-state index in [9.17, 15) is 4.79 Å². The summed E-state index contributed by atoms with van der Waals surface area (Å²) in [6.45, 7) is 1.82. The Balaban J connectivity index is 1.68. The molecule has 3 rings (SSSR count). The second kappa shape index (κ2) is 6.15. The van der Waals surface area contributed by atoms with Crippen LogP contribution in [-0.2, 0) is 4.79 Å². The Kier molecular flexibility index (Phi) is 4.06. The number of fused-ring (bicyclic) bond motifs is 1. The van der Waals surface area contributed by atoms with Gasteiger partial charge in [0.15, 0.2) is 12.3 Å². The lowest BCUT2D eigenvalue weighted by molar-refractivity contribution is -0.118. The van der Waals surface area contributed by atoms with Gasteiger partial charge >= 0.3 is 0 Å². The molecule has 0 saturated carbocycles. The first-order chi connectivity index (χ1) is 10.6. The number of ether oxygens (including phenoxy) is 1. The summed E-state index contributed by atoms with van der Waals surface area (Å²) in [7, 11) is 0. The minimum atomic E-state index is -0.309. The molecule has 0 radical (unpaired) electrons. The molecule has 3 aromatic rings. The Bertz CT molecular complexity index is 817. The van der Waals surface area contributed by atoms with E-state index in [1.807, 2.05) is 37.3 Å². The maximum Gasteiger partial charge on any atom is 0.264 e. The highest BCUT2D eigenvalue weighted by Crippen LogP contribution is 2.17. The molecule has 0 aliphatic heterocycles. The summed E-state index contributed by atoms with van der Waals surface area (Å²) >= 11 is 3.43. The third kappa shape index (κ3) is 3.09. The van der Waals surface area contributed by atoms with E-state index in [0.717, 1.165) is 10.2 Å². The minimum absolute atomic E-state index is 0.0950. The summed E-state index contributed by atoms with van der Waals surface area (Å²) in [6, 6.07) is 12.9. The molecular formula is C15H13BrN4O2. The fraction of sp³-hybridized carbons (Fsp3) is 0.133. The van der Waals surface area contributed by atoms with Crippen molar-refractivity contribution in [2.45, 2.75) is 6.92 Å². The van der Waals surface area contributed by atoms with Gasteiger partial charge in [0, 0.05) is 4.47 Å². The first-order valence-corrected chi connectivity index (χ1v) is 7.42. The van der Waals surface area contributed by atoms with Crippen molar-refractivity contribution in [3.63, 3.8) is 0 Å². The zero-order valence-corrected chi connectivity index (χ0v) is 13.4. The van der Waals surface area contributed by atoms with Crippen LogP contribution in [0.3, 0.4) is 0 Å². The van der Waals surface area contributed by atoms with Crippen molar-refractivity contribution in [1.29, 1.82) is 0 Å². The molecule has 0 fully saturated rings. The van der Waals surface area contributed by atoms with Crippen LogP contribution in [0.1, 0.15) is 5.69 Å². The summed E-state index contributed by atoms with van der Waals surface area (Å²) in [5.41, 5.74) is 1.58. The maximum atomic E-state index is 11.9. The van der Waals surface area contributed by atoms with Crippen LogP contribution in [0, 0.1) is 6.92 Å². The van der Waals surface area contributed by atoms with Gasteiger partial charge in [0.05, 0.1) is 5.69 Å². The molecule has 2 heterocycles. The lowest BCUT2D eigenvalue weighted by Gasteiger charge is -2.04. The van der Waals surface area contributed by atoms with Gasteiger partial charge in [-0.2, -0.15) is 4.98 Å². The summed E-state index contributed by atoms with van der Waals surface area (Å²) in [5, 5.41) is 6.88. The number of para-hydroxylation sites is 1. The number of aromatic nitrogens is 3. The predicted octanol–water partition coefficient (Wildman–Crippen LogP) is 2.82. The molecule has 0 atom stereocenters. The van der Waals surface area contributed by atoms with E-state index in [1.165, 1.54) is 0 Å². The first-order valence-electron chi connectivity index (χ1n) is 6.63. The Labute approximate surface area is 135 Å². The van der Waals surface area contributed by atoms with Gasteiger partial charge in [-0.3, -0.25) is 10.1 Å². The monoisotopic (exact) mass is 360 g/mol. The summed E-state index contributed by atoms with van der Waals surface area (Å²) < 4.78 is 7.97. The molecule has 2 aromatic heterocycles. The fourth-order valence-corrected chi connectivity index (χ4v) is 2.23. The third-order valence-corrected chi connectivity index (χ3v) is 3.88. The van der Waals surface area contributed by atoms with Gasteiger partial charge in [0.25, 0.3) is 5.91 Å². The van der Waals surface area contributed by atoms with Gasteiger partial charge in [-0.25, -0.2) is 4.52 Å². The van der Waals surface area contributed by atoms with Gasteiger partial charge in [-0.05, 0) is 47.1 Å². The van der Waals surface area contributed by atoms with E-state index in [1.54, 1.807) is 16.6 Å². The standard InChI is InChI=1S/C15H13BrN4O2/c1-10-12(16)7-8-13-17-15(19-20(10)13)18-14(21)9-22-11-5-3-2-4-6-11/h2-8H,9H2,1H3,(H,18,19,21). The fourth-order valence-electron chi connectivity index (χ4n) is 1.93. The van der Waals surface area contributed by atoms with E-state index >= 15 is 0 Å². The van der Waals surface area contributed by atoms with E-state index in [-0.39, 0.29) is 18.5 Å². The maximum absolute atomic E-state index is 11.9. The number of amides is 1. The van der Waals surface area contributed by atoms with Gasteiger partial charge < -0.3 is 4.74 Å². The molecule has 0 bridgehead atoms. The van der Waals surface area contributed by atoms with Gasteiger partial charge in [0.1, 0.15) is 5.75 Å². The molecule has 22 heavy (non-hydrogen) atoms. The molecular weight excluding hydrogens is 348 g/mol. The Hall–Kier alpha value is -2.41. The van der Waals surface area contributed by atoms with Gasteiger partial charge in [-0.15, -0.1) is 5.10 Å². The largest absolute Gasteiger partial charge is 0.484 e. The van der Waals surface area contributed by atoms with Crippen molar-refractivity contribution < 1.29 is 9.53 Å².